The van der Waals surface area contributed by atoms with E-state index >= 15 is 0 Å². The Labute approximate surface area is 136 Å². The third kappa shape index (κ3) is 2.19. The molecule has 1 aromatic rings. The maximum Gasteiger partial charge on any atom is 0.162 e. The van der Waals surface area contributed by atoms with Crippen LogP contribution in [0.15, 0.2) is 16.6 Å². The summed E-state index contributed by atoms with van der Waals surface area (Å²) in [6, 6.07) is 4.21. The van der Waals surface area contributed by atoms with Crippen molar-refractivity contribution in [2.75, 3.05) is 13.2 Å². The number of ether oxygens (including phenoxy) is 2. The van der Waals surface area contributed by atoms with Gasteiger partial charge < -0.3 is 9.47 Å². The second-order valence-electron chi connectivity index (χ2n) is 6.11. The lowest BCUT2D eigenvalue weighted by atomic mass is 10.0. The molecule has 1 aromatic carbocycles. The number of rotatable bonds is 2. The molecule has 2 aliphatic carbocycles. The van der Waals surface area contributed by atoms with Crippen LogP contribution < -0.4 is 9.47 Å². The molecule has 0 spiro atoms. The highest BCUT2D eigenvalue weighted by molar-refractivity contribution is 9.11. The van der Waals surface area contributed by atoms with Crippen LogP contribution in [0.25, 0.3) is 0 Å². The van der Waals surface area contributed by atoms with Crippen molar-refractivity contribution in [1.29, 1.82) is 0 Å². The summed E-state index contributed by atoms with van der Waals surface area (Å²) >= 11 is 7.66. The number of halogens is 2. The Kier molecular flexibility index (Phi) is 3.50. The highest BCUT2D eigenvalue weighted by atomic mass is 79.9. The third-order valence-electron chi connectivity index (χ3n) is 5.02. The van der Waals surface area contributed by atoms with Crippen LogP contribution in [0.4, 0.5) is 0 Å². The van der Waals surface area contributed by atoms with Crippen LogP contribution in [0.5, 0.6) is 11.5 Å². The van der Waals surface area contributed by atoms with E-state index in [9.17, 15) is 0 Å². The van der Waals surface area contributed by atoms with E-state index in [0.717, 1.165) is 33.7 Å². The quantitative estimate of drug-likeness (QED) is 0.642. The van der Waals surface area contributed by atoms with Crippen molar-refractivity contribution >= 4 is 31.9 Å². The molecule has 20 heavy (non-hydrogen) atoms. The van der Waals surface area contributed by atoms with Crippen molar-refractivity contribution in [3.05, 3.63) is 22.2 Å². The first-order valence-corrected chi connectivity index (χ1v) is 9.19. The van der Waals surface area contributed by atoms with E-state index in [1.807, 2.05) is 0 Å². The van der Waals surface area contributed by atoms with Gasteiger partial charge in [0.25, 0.3) is 0 Å². The smallest absolute Gasteiger partial charge is 0.162 e. The monoisotopic (exact) mass is 400 g/mol. The lowest BCUT2D eigenvalue weighted by Crippen LogP contribution is -2.15. The van der Waals surface area contributed by atoms with E-state index in [4.69, 9.17) is 9.47 Å². The van der Waals surface area contributed by atoms with Crippen molar-refractivity contribution < 1.29 is 9.47 Å². The molecule has 0 radical (unpaired) electrons. The van der Waals surface area contributed by atoms with Gasteiger partial charge in [0.1, 0.15) is 13.2 Å². The van der Waals surface area contributed by atoms with Gasteiger partial charge in [0.2, 0.25) is 0 Å². The van der Waals surface area contributed by atoms with Crippen LogP contribution in [0.2, 0.25) is 0 Å². The largest absolute Gasteiger partial charge is 0.486 e. The Balaban J connectivity index is 1.61. The molecule has 0 amide bonds. The van der Waals surface area contributed by atoms with Gasteiger partial charge in [-0.2, -0.15) is 0 Å². The van der Waals surface area contributed by atoms with Crippen LogP contribution in [0, 0.1) is 17.8 Å². The summed E-state index contributed by atoms with van der Waals surface area (Å²) < 4.78 is 12.5. The van der Waals surface area contributed by atoms with Crippen molar-refractivity contribution in [1.82, 2.24) is 0 Å². The van der Waals surface area contributed by atoms with Gasteiger partial charge in [0, 0.05) is 9.30 Å². The first-order chi connectivity index (χ1) is 9.75. The molecule has 3 atom stereocenters. The second kappa shape index (κ2) is 5.20. The van der Waals surface area contributed by atoms with Crippen LogP contribution in [-0.2, 0) is 0 Å². The summed E-state index contributed by atoms with van der Waals surface area (Å²) in [4.78, 5) is 0.431. The topological polar surface area (TPSA) is 18.5 Å². The fourth-order valence-electron chi connectivity index (χ4n) is 3.98. The maximum absolute atomic E-state index is 5.72. The van der Waals surface area contributed by atoms with E-state index in [1.165, 1.54) is 31.2 Å². The fourth-order valence-corrected chi connectivity index (χ4v) is 6.02. The zero-order valence-corrected chi connectivity index (χ0v) is 14.5. The summed E-state index contributed by atoms with van der Waals surface area (Å²) in [7, 11) is 0. The summed E-state index contributed by atoms with van der Waals surface area (Å²) in [5, 5.41) is 0. The van der Waals surface area contributed by atoms with Crippen LogP contribution >= 0.6 is 31.9 Å². The Morgan fingerprint density at radius 2 is 1.60 bits per heavy atom. The molecular formula is C16H18Br2O2. The number of hydrogen-bond donors (Lipinski definition) is 0. The molecule has 1 heterocycles. The second-order valence-corrected chi connectivity index (χ2v) is 7.95. The molecule has 3 unspecified atom stereocenters. The minimum atomic E-state index is 0.431. The predicted molar refractivity (Wildman–Crippen MR) is 85.7 cm³/mol. The maximum atomic E-state index is 5.72. The first kappa shape index (κ1) is 13.4. The van der Waals surface area contributed by atoms with E-state index in [-0.39, 0.29) is 0 Å². The Hall–Kier alpha value is -0.220. The van der Waals surface area contributed by atoms with Gasteiger partial charge in [-0.05, 0) is 48.3 Å². The zero-order chi connectivity index (χ0) is 13.7. The molecule has 0 saturated heterocycles. The SMILES string of the molecule is Brc1cc2c(cc1C(Br)C1C3CCCCC31)OCCO2. The highest BCUT2D eigenvalue weighted by Gasteiger charge is 2.54. The molecule has 108 valence electrons. The highest BCUT2D eigenvalue weighted by Crippen LogP contribution is 2.63. The van der Waals surface area contributed by atoms with E-state index in [2.05, 4.69) is 44.0 Å². The van der Waals surface area contributed by atoms with Crippen molar-refractivity contribution in [3.8, 4) is 11.5 Å². The van der Waals surface area contributed by atoms with Gasteiger partial charge in [-0.1, -0.05) is 44.7 Å². The lowest BCUT2D eigenvalue weighted by Gasteiger charge is -2.21. The summed E-state index contributed by atoms with van der Waals surface area (Å²) in [6.45, 7) is 1.29. The summed E-state index contributed by atoms with van der Waals surface area (Å²) in [6.07, 6.45) is 5.67. The molecule has 0 bridgehead atoms. The molecule has 4 heteroatoms. The van der Waals surface area contributed by atoms with Crippen LogP contribution in [-0.4, -0.2) is 13.2 Å². The standard InChI is InChI=1S/C16H18Br2O2/c17-12-8-14-13(19-5-6-20-14)7-11(12)16(18)15-9-3-1-2-4-10(9)15/h7-10,15-16H,1-6H2. The van der Waals surface area contributed by atoms with Crippen molar-refractivity contribution in [3.63, 3.8) is 0 Å². The number of hydrogen-bond acceptors (Lipinski definition) is 2. The first-order valence-electron chi connectivity index (χ1n) is 7.49. The number of benzene rings is 1. The fraction of sp³-hybridized carbons (Fsp3) is 0.625. The Morgan fingerprint density at radius 1 is 1.00 bits per heavy atom. The number of fused-ring (bicyclic) bond motifs is 2. The summed E-state index contributed by atoms with van der Waals surface area (Å²) in [5.74, 6) is 4.43. The zero-order valence-electron chi connectivity index (χ0n) is 11.3. The van der Waals surface area contributed by atoms with E-state index < -0.39 is 0 Å². The normalized spacial score (nSPS) is 32.4. The van der Waals surface area contributed by atoms with Gasteiger partial charge in [-0.25, -0.2) is 0 Å². The molecule has 0 N–H and O–H groups in total. The lowest BCUT2D eigenvalue weighted by molar-refractivity contribution is 0.171. The molecule has 2 saturated carbocycles. The summed E-state index contributed by atoms with van der Waals surface area (Å²) in [5.41, 5.74) is 1.31. The molecule has 2 fully saturated rings. The van der Waals surface area contributed by atoms with Crippen molar-refractivity contribution in [2.24, 2.45) is 17.8 Å². The molecule has 0 aromatic heterocycles. The number of alkyl halides is 1. The van der Waals surface area contributed by atoms with Crippen LogP contribution in [0.3, 0.4) is 0 Å². The average molecular weight is 402 g/mol. The Morgan fingerprint density at radius 3 is 2.25 bits per heavy atom. The Bertz CT molecular complexity index is 519. The van der Waals surface area contributed by atoms with Crippen LogP contribution in [0.1, 0.15) is 36.1 Å². The van der Waals surface area contributed by atoms with E-state index in [1.54, 1.807) is 0 Å². The average Bonchev–Trinajstić information content (AvgIpc) is 3.20. The predicted octanol–water partition coefficient (Wildman–Crippen LogP) is 5.09. The van der Waals surface area contributed by atoms with Gasteiger partial charge in [-0.3, -0.25) is 0 Å². The van der Waals surface area contributed by atoms with Gasteiger partial charge >= 0.3 is 0 Å². The molecule has 2 nitrogen and oxygen atoms in total. The van der Waals surface area contributed by atoms with Crippen molar-refractivity contribution in [2.45, 2.75) is 30.5 Å². The third-order valence-corrected chi connectivity index (χ3v) is 6.81. The van der Waals surface area contributed by atoms with Gasteiger partial charge in [-0.15, -0.1) is 0 Å². The minimum Gasteiger partial charge on any atom is -0.486 e. The molecule has 4 rings (SSSR count). The van der Waals surface area contributed by atoms with Gasteiger partial charge in [0.15, 0.2) is 11.5 Å². The molecule has 1 aliphatic heterocycles. The molecule has 3 aliphatic rings. The molecular weight excluding hydrogens is 384 g/mol. The van der Waals surface area contributed by atoms with Gasteiger partial charge in [0.05, 0.1) is 0 Å². The minimum absolute atomic E-state index is 0.431. The van der Waals surface area contributed by atoms with E-state index in [0.29, 0.717) is 18.0 Å².